The number of carbonyl (C=O) groups is 1. The number of carbonyl (C=O) groups excluding carboxylic acids is 1. The van der Waals surface area contributed by atoms with Crippen molar-refractivity contribution in [1.29, 1.82) is 0 Å². The van der Waals surface area contributed by atoms with Gasteiger partial charge in [0, 0.05) is 5.69 Å². The van der Waals surface area contributed by atoms with Crippen LogP contribution in [0.1, 0.15) is 10.4 Å². The summed E-state index contributed by atoms with van der Waals surface area (Å²) in [5, 5.41) is 0. The van der Waals surface area contributed by atoms with Crippen LogP contribution in [0.3, 0.4) is 0 Å². The highest BCUT2D eigenvalue weighted by Crippen LogP contribution is 2.26. The smallest absolute Gasteiger partial charge is 0.339 e. The average Bonchev–Trinajstić information content (AvgIpc) is 2.15. The van der Waals surface area contributed by atoms with Gasteiger partial charge in [0.15, 0.2) is 0 Å². The van der Waals surface area contributed by atoms with E-state index in [-0.39, 0.29) is 16.1 Å². The largest absolute Gasteiger partial charge is 0.465 e. The van der Waals surface area contributed by atoms with E-state index >= 15 is 0 Å². The fourth-order valence-electron chi connectivity index (χ4n) is 1.08. The van der Waals surface area contributed by atoms with E-state index in [9.17, 15) is 9.18 Å². The molecule has 0 aliphatic carbocycles. The van der Waals surface area contributed by atoms with Crippen molar-refractivity contribution in [2.75, 3.05) is 19.1 Å². The molecule has 14 heavy (non-hydrogen) atoms. The quantitative estimate of drug-likeness (QED) is 0.465. The number of esters is 1. The lowest BCUT2D eigenvalue weighted by Crippen LogP contribution is -2.05. The van der Waals surface area contributed by atoms with E-state index in [1.807, 2.05) is 0 Å². The summed E-state index contributed by atoms with van der Waals surface area (Å²) in [7, 11) is 1.24. The molecule has 0 heterocycles. The third-order valence-electron chi connectivity index (χ3n) is 1.68. The third-order valence-corrected chi connectivity index (χ3v) is 2.50. The fourth-order valence-corrected chi connectivity index (χ4v) is 1.70. The van der Waals surface area contributed by atoms with E-state index in [2.05, 4.69) is 4.74 Å². The Morgan fingerprint density at radius 1 is 1.57 bits per heavy atom. The first-order chi connectivity index (χ1) is 6.60. The number of benzene rings is 1. The zero-order chi connectivity index (χ0) is 10.7. The zero-order valence-electron chi connectivity index (χ0n) is 7.83. The minimum atomic E-state index is -0.583. The summed E-state index contributed by atoms with van der Waals surface area (Å²) < 4.78 is 17.8. The highest BCUT2D eigenvalue weighted by Gasteiger charge is 2.16. The van der Waals surface area contributed by atoms with E-state index < -0.39 is 11.8 Å². The van der Waals surface area contributed by atoms with Crippen molar-refractivity contribution < 1.29 is 13.9 Å². The lowest BCUT2D eigenvalue weighted by atomic mass is 10.2. The van der Waals surface area contributed by atoms with Crippen molar-refractivity contribution in [3.63, 3.8) is 0 Å². The summed E-state index contributed by atoms with van der Waals surface area (Å²) in [6.07, 6.45) is 1.68. The minimum absolute atomic E-state index is 0.164. The van der Waals surface area contributed by atoms with Gasteiger partial charge in [-0.05, 0) is 18.4 Å². The molecular formula is C9H10FNO2S. The first kappa shape index (κ1) is 10.8. The topological polar surface area (TPSA) is 52.3 Å². The number of anilines is 1. The number of rotatable bonds is 2. The maximum absolute atomic E-state index is 13.3. The Kier molecular flexibility index (Phi) is 3.35. The standard InChI is InChI=1S/C9H10FNO2S/c1-13-9(12)6-3-5(11)4-7(10)8(6)14-2/h3-4H,11H2,1-2H3. The number of hydrogen-bond acceptors (Lipinski definition) is 4. The van der Waals surface area contributed by atoms with Gasteiger partial charge in [0.2, 0.25) is 0 Å². The Bertz CT molecular complexity index is 368. The van der Waals surface area contributed by atoms with Crippen LogP contribution in [0.15, 0.2) is 17.0 Å². The summed E-state index contributed by atoms with van der Waals surface area (Å²) in [6.45, 7) is 0. The lowest BCUT2D eigenvalue weighted by molar-refractivity contribution is 0.0596. The molecular weight excluding hydrogens is 205 g/mol. The van der Waals surface area contributed by atoms with E-state index in [1.54, 1.807) is 6.26 Å². The van der Waals surface area contributed by atoms with E-state index in [0.29, 0.717) is 0 Å². The molecule has 5 heteroatoms. The molecule has 0 saturated carbocycles. The number of halogens is 1. The molecule has 2 N–H and O–H groups in total. The van der Waals surface area contributed by atoms with Crippen molar-refractivity contribution in [1.82, 2.24) is 0 Å². The van der Waals surface area contributed by atoms with Gasteiger partial charge >= 0.3 is 5.97 Å². The SMILES string of the molecule is COC(=O)c1cc(N)cc(F)c1SC. The van der Waals surface area contributed by atoms with Crippen LogP contribution < -0.4 is 5.73 Å². The highest BCUT2D eigenvalue weighted by molar-refractivity contribution is 7.98. The number of ether oxygens (including phenoxy) is 1. The molecule has 0 saturated heterocycles. The van der Waals surface area contributed by atoms with Crippen molar-refractivity contribution in [2.45, 2.75) is 4.90 Å². The van der Waals surface area contributed by atoms with E-state index in [0.717, 1.165) is 11.8 Å². The van der Waals surface area contributed by atoms with Crippen LogP contribution in [0.5, 0.6) is 0 Å². The second kappa shape index (κ2) is 4.32. The molecule has 0 fully saturated rings. The molecule has 0 atom stereocenters. The number of nitrogen functional groups attached to an aromatic ring is 1. The Morgan fingerprint density at radius 3 is 2.71 bits per heavy atom. The number of nitrogens with two attached hydrogens (primary N) is 1. The summed E-state index contributed by atoms with van der Waals surface area (Å²) in [4.78, 5) is 11.5. The van der Waals surface area contributed by atoms with Crippen molar-refractivity contribution in [3.05, 3.63) is 23.5 Å². The van der Waals surface area contributed by atoms with Gasteiger partial charge in [0.1, 0.15) is 5.82 Å². The third kappa shape index (κ3) is 1.98. The molecule has 1 aromatic rings. The predicted molar refractivity (Wildman–Crippen MR) is 53.9 cm³/mol. The average molecular weight is 215 g/mol. The normalized spacial score (nSPS) is 9.93. The van der Waals surface area contributed by atoms with Crippen molar-refractivity contribution in [3.8, 4) is 0 Å². The molecule has 1 rings (SSSR count). The van der Waals surface area contributed by atoms with Crippen molar-refractivity contribution in [2.24, 2.45) is 0 Å². The van der Waals surface area contributed by atoms with E-state index in [4.69, 9.17) is 5.73 Å². The van der Waals surface area contributed by atoms with Crippen LogP contribution in [0.25, 0.3) is 0 Å². The number of thioether (sulfide) groups is 1. The van der Waals surface area contributed by atoms with Gasteiger partial charge in [-0.15, -0.1) is 11.8 Å². The van der Waals surface area contributed by atoms with Gasteiger partial charge in [0.05, 0.1) is 17.6 Å². The second-order valence-corrected chi connectivity index (χ2v) is 3.39. The van der Waals surface area contributed by atoms with Gasteiger partial charge in [0.25, 0.3) is 0 Å². The Balaban J connectivity index is 3.32. The first-order valence-electron chi connectivity index (χ1n) is 3.81. The monoisotopic (exact) mass is 215 g/mol. The zero-order valence-corrected chi connectivity index (χ0v) is 8.65. The molecule has 0 aromatic heterocycles. The molecule has 76 valence electrons. The molecule has 0 amide bonds. The van der Waals surface area contributed by atoms with Crippen LogP contribution in [0.2, 0.25) is 0 Å². The second-order valence-electron chi connectivity index (χ2n) is 2.58. The van der Waals surface area contributed by atoms with Crippen LogP contribution in [0, 0.1) is 5.82 Å². The molecule has 0 aliphatic heterocycles. The van der Waals surface area contributed by atoms with Gasteiger partial charge < -0.3 is 10.5 Å². The van der Waals surface area contributed by atoms with Crippen LogP contribution >= 0.6 is 11.8 Å². The Morgan fingerprint density at radius 2 is 2.21 bits per heavy atom. The fraction of sp³-hybridized carbons (Fsp3) is 0.222. The lowest BCUT2D eigenvalue weighted by Gasteiger charge is -2.07. The molecule has 0 unspecified atom stereocenters. The first-order valence-corrected chi connectivity index (χ1v) is 5.04. The van der Waals surface area contributed by atoms with Crippen LogP contribution in [-0.2, 0) is 4.74 Å². The summed E-state index contributed by atoms with van der Waals surface area (Å²) in [5.41, 5.74) is 5.79. The Hall–Kier alpha value is -1.23. The molecule has 0 aliphatic rings. The number of methoxy groups -OCH3 is 1. The van der Waals surface area contributed by atoms with Gasteiger partial charge in [-0.25, -0.2) is 9.18 Å². The maximum Gasteiger partial charge on any atom is 0.339 e. The highest BCUT2D eigenvalue weighted by atomic mass is 32.2. The molecule has 0 bridgehead atoms. The number of hydrogen-bond donors (Lipinski definition) is 1. The predicted octanol–water partition coefficient (Wildman–Crippen LogP) is 1.92. The minimum Gasteiger partial charge on any atom is -0.465 e. The Labute approximate surface area is 85.4 Å². The van der Waals surface area contributed by atoms with Gasteiger partial charge in [-0.2, -0.15) is 0 Å². The summed E-state index contributed by atoms with van der Waals surface area (Å²) in [6, 6.07) is 2.58. The van der Waals surface area contributed by atoms with Gasteiger partial charge in [-0.3, -0.25) is 0 Å². The van der Waals surface area contributed by atoms with Crippen molar-refractivity contribution >= 4 is 23.4 Å². The molecule has 1 aromatic carbocycles. The molecule has 0 radical (unpaired) electrons. The van der Waals surface area contributed by atoms with Gasteiger partial charge in [-0.1, -0.05) is 0 Å². The maximum atomic E-state index is 13.3. The van der Waals surface area contributed by atoms with Crippen LogP contribution in [0.4, 0.5) is 10.1 Å². The molecule has 0 spiro atoms. The summed E-state index contributed by atoms with van der Waals surface area (Å²) in [5.74, 6) is -1.08. The van der Waals surface area contributed by atoms with E-state index in [1.165, 1.54) is 19.2 Å². The molecule has 3 nitrogen and oxygen atoms in total. The van der Waals surface area contributed by atoms with Crippen LogP contribution in [-0.4, -0.2) is 19.3 Å². The summed E-state index contributed by atoms with van der Waals surface area (Å²) >= 11 is 1.14.